The highest BCUT2D eigenvalue weighted by atomic mass is 35.5. The van der Waals surface area contributed by atoms with Gasteiger partial charge in [0.25, 0.3) is 10.0 Å². The lowest BCUT2D eigenvalue weighted by Crippen LogP contribution is -2.13. The third-order valence-corrected chi connectivity index (χ3v) is 5.50. The normalized spacial score (nSPS) is 11.7. The van der Waals surface area contributed by atoms with Crippen LogP contribution < -0.4 is 4.72 Å². The average Bonchev–Trinajstić information content (AvgIpc) is 2.62. The van der Waals surface area contributed by atoms with Gasteiger partial charge in [0.1, 0.15) is 5.69 Å². The number of nitrogens with one attached hydrogen (secondary N) is 1. The van der Waals surface area contributed by atoms with Gasteiger partial charge in [-0.05, 0) is 61.5 Å². The van der Waals surface area contributed by atoms with Gasteiger partial charge in [-0.25, -0.2) is 8.42 Å². The molecule has 0 saturated carbocycles. The van der Waals surface area contributed by atoms with Crippen LogP contribution in [0.25, 0.3) is 0 Å². The molecule has 0 spiro atoms. The van der Waals surface area contributed by atoms with E-state index in [9.17, 15) is 8.42 Å². The van der Waals surface area contributed by atoms with Crippen molar-refractivity contribution in [1.29, 1.82) is 0 Å². The lowest BCUT2D eigenvalue weighted by Gasteiger charge is -2.10. The molecule has 0 atom stereocenters. The van der Waals surface area contributed by atoms with E-state index >= 15 is 0 Å². The monoisotopic (exact) mass is 419 g/mol. The van der Waals surface area contributed by atoms with E-state index in [1.165, 1.54) is 18.2 Å². The van der Waals surface area contributed by atoms with E-state index in [4.69, 9.17) is 23.2 Å². The number of hydrogen-bond acceptors (Lipinski definition) is 4. The molecule has 138 valence electrons. The van der Waals surface area contributed by atoms with E-state index in [0.717, 1.165) is 5.56 Å². The third-order valence-electron chi connectivity index (χ3n) is 3.63. The van der Waals surface area contributed by atoms with Gasteiger partial charge in [0.2, 0.25) is 0 Å². The Morgan fingerprint density at radius 1 is 0.815 bits per heavy atom. The van der Waals surface area contributed by atoms with Crippen molar-refractivity contribution in [3.63, 3.8) is 0 Å². The van der Waals surface area contributed by atoms with Gasteiger partial charge in [0.15, 0.2) is 0 Å². The Morgan fingerprint density at radius 2 is 1.44 bits per heavy atom. The van der Waals surface area contributed by atoms with Crippen LogP contribution in [0.2, 0.25) is 10.0 Å². The highest BCUT2D eigenvalue weighted by Crippen LogP contribution is 2.32. The Morgan fingerprint density at radius 3 is 2.11 bits per heavy atom. The summed E-state index contributed by atoms with van der Waals surface area (Å²) in [5, 5.41) is 9.21. The van der Waals surface area contributed by atoms with Crippen LogP contribution in [0.4, 0.5) is 17.1 Å². The van der Waals surface area contributed by atoms with Gasteiger partial charge >= 0.3 is 0 Å². The molecule has 0 bridgehead atoms. The zero-order chi connectivity index (χ0) is 19.4. The Labute approximate surface area is 167 Å². The van der Waals surface area contributed by atoms with Crippen LogP contribution in [-0.4, -0.2) is 8.42 Å². The zero-order valence-electron chi connectivity index (χ0n) is 14.2. The molecule has 0 radical (unpaired) electrons. The summed E-state index contributed by atoms with van der Waals surface area (Å²) in [5.41, 5.74) is 2.13. The molecule has 0 heterocycles. The van der Waals surface area contributed by atoms with E-state index in [-0.39, 0.29) is 10.6 Å². The molecule has 3 aromatic rings. The van der Waals surface area contributed by atoms with Gasteiger partial charge in [-0.1, -0.05) is 40.9 Å². The molecule has 0 aliphatic carbocycles. The zero-order valence-corrected chi connectivity index (χ0v) is 16.6. The predicted molar refractivity (Wildman–Crippen MR) is 109 cm³/mol. The SMILES string of the molecule is Cc1ccc(S(=O)(=O)Nc2cc(Cl)ccc2N=Nc2ccc(Cl)cc2)cc1. The summed E-state index contributed by atoms with van der Waals surface area (Å²) in [6, 6.07) is 18.0. The second-order valence-electron chi connectivity index (χ2n) is 5.76. The van der Waals surface area contributed by atoms with E-state index in [1.807, 2.05) is 6.92 Å². The van der Waals surface area contributed by atoms with Crippen molar-refractivity contribution in [1.82, 2.24) is 0 Å². The van der Waals surface area contributed by atoms with Crippen LogP contribution in [0, 0.1) is 6.92 Å². The summed E-state index contributed by atoms with van der Waals surface area (Å²) in [5.74, 6) is 0. The van der Waals surface area contributed by atoms with E-state index in [1.54, 1.807) is 48.5 Å². The number of benzene rings is 3. The molecule has 1 N–H and O–H groups in total. The van der Waals surface area contributed by atoms with Crippen molar-refractivity contribution in [2.24, 2.45) is 10.2 Å². The summed E-state index contributed by atoms with van der Waals surface area (Å²) in [6.07, 6.45) is 0. The molecule has 0 unspecified atom stereocenters. The van der Waals surface area contributed by atoms with Gasteiger partial charge in [-0.3, -0.25) is 4.72 Å². The van der Waals surface area contributed by atoms with Crippen LogP contribution in [0.15, 0.2) is 81.9 Å². The first-order valence-electron chi connectivity index (χ1n) is 7.90. The molecule has 27 heavy (non-hydrogen) atoms. The number of azo groups is 1. The third kappa shape index (κ3) is 5.07. The topological polar surface area (TPSA) is 70.9 Å². The number of hydrogen-bond donors (Lipinski definition) is 1. The molecule has 0 amide bonds. The van der Waals surface area contributed by atoms with Gasteiger partial charge in [-0.15, -0.1) is 5.11 Å². The first-order valence-corrected chi connectivity index (χ1v) is 10.1. The summed E-state index contributed by atoms with van der Waals surface area (Å²) in [4.78, 5) is 0.147. The second-order valence-corrected chi connectivity index (χ2v) is 8.31. The molecule has 0 aliphatic heterocycles. The molecule has 0 saturated heterocycles. The van der Waals surface area contributed by atoms with Crippen molar-refractivity contribution in [2.75, 3.05) is 4.72 Å². The number of sulfonamides is 1. The maximum absolute atomic E-state index is 12.6. The maximum atomic E-state index is 12.6. The van der Waals surface area contributed by atoms with E-state index < -0.39 is 10.0 Å². The summed E-state index contributed by atoms with van der Waals surface area (Å²) in [7, 11) is -3.79. The highest BCUT2D eigenvalue weighted by Gasteiger charge is 2.16. The maximum Gasteiger partial charge on any atom is 0.261 e. The first-order chi connectivity index (χ1) is 12.8. The fourth-order valence-electron chi connectivity index (χ4n) is 2.22. The van der Waals surface area contributed by atoms with Crippen LogP contribution in [0.1, 0.15) is 5.56 Å². The van der Waals surface area contributed by atoms with Crippen molar-refractivity contribution >= 4 is 50.3 Å². The summed E-state index contributed by atoms with van der Waals surface area (Å²) in [6.45, 7) is 1.88. The highest BCUT2D eigenvalue weighted by molar-refractivity contribution is 7.92. The Hall–Kier alpha value is -2.41. The molecule has 5 nitrogen and oxygen atoms in total. The minimum Gasteiger partial charge on any atom is -0.277 e. The van der Waals surface area contributed by atoms with E-state index in [0.29, 0.717) is 21.4 Å². The largest absolute Gasteiger partial charge is 0.277 e. The Bertz CT molecular complexity index is 1080. The van der Waals surface area contributed by atoms with Gasteiger partial charge in [0, 0.05) is 10.0 Å². The first kappa shape index (κ1) is 19.4. The minimum atomic E-state index is -3.79. The van der Waals surface area contributed by atoms with Crippen molar-refractivity contribution in [3.05, 3.63) is 82.3 Å². The fourth-order valence-corrected chi connectivity index (χ4v) is 3.58. The number of aryl methyl sites for hydroxylation is 1. The van der Waals surface area contributed by atoms with Gasteiger partial charge in [-0.2, -0.15) is 5.11 Å². The number of halogens is 2. The van der Waals surface area contributed by atoms with Crippen LogP contribution in [0.5, 0.6) is 0 Å². The fraction of sp³-hybridized carbons (Fsp3) is 0.0526. The summed E-state index contributed by atoms with van der Waals surface area (Å²) < 4.78 is 27.8. The average molecular weight is 420 g/mol. The molecular formula is C19H15Cl2N3O2S. The molecule has 3 rings (SSSR count). The van der Waals surface area contributed by atoms with Gasteiger partial charge < -0.3 is 0 Å². The molecule has 0 aliphatic rings. The minimum absolute atomic E-state index is 0.147. The lowest BCUT2D eigenvalue weighted by molar-refractivity contribution is 0.601. The van der Waals surface area contributed by atoms with Crippen molar-refractivity contribution < 1.29 is 8.42 Å². The predicted octanol–water partition coefficient (Wildman–Crippen LogP) is 6.52. The summed E-state index contributed by atoms with van der Waals surface area (Å²) >= 11 is 11.9. The molecule has 3 aromatic carbocycles. The quantitative estimate of drug-likeness (QED) is 0.478. The second kappa shape index (κ2) is 8.08. The molecule has 0 aromatic heterocycles. The van der Waals surface area contributed by atoms with Crippen LogP contribution in [-0.2, 0) is 10.0 Å². The number of nitrogens with zero attached hydrogens (tertiary/aromatic N) is 2. The van der Waals surface area contributed by atoms with Crippen LogP contribution in [0.3, 0.4) is 0 Å². The Kier molecular flexibility index (Phi) is 5.79. The van der Waals surface area contributed by atoms with Crippen molar-refractivity contribution in [3.8, 4) is 0 Å². The number of rotatable bonds is 5. The van der Waals surface area contributed by atoms with E-state index in [2.05, 4.69) is 15.0 Å². The lowest BCUT2D eigenvalue weighted by atomic mass is 10.2. The standard InChI is InChI=1S/C19H15Cl2N3O2S/c1-13-2-9-17(10-3-13)27(25,26)24-19-12-15(21)6-11-18(19)23-22-16-7-4-14(20)5-8-16/h2-12,24H,1H3. The van der Waals surface area contributed by atoms with Crippen molar-refractivity contribution in [2.45, 2.75) is 11.8 Å². The smallest absolute Gasteiger partial charge is 0.261 e. The molecule has 0 fully saturated rings. The van der Waals surface area contributed by atoms with Crippen LogP contribution >= 0.6 is 23.2 Å². The van der Waals surface area contributed by atoms with Gasteiger partial charge in [0.05, 0.1) is 16.3 Å². The number of anilines is 1. The Balaban J connectivity index is 1.92. The molecule has 8 heteroatoms. The molecular weight excluding hydrogens is 405 g/mol.